The molecule has 2 unspecified atom stereocenters. The van der Waals surface area contributed by atoms with E-state index >= 15 is 0 Å². The lowest BCUT2D eigenvalue weighted by Crippen LogP contribution is -2.33. The average Bonchev–Trinajstić information content (AvgIpc) is 2.85. The van der Waals surface area contributed by atoms with Crippen molar-refractivity contribution in [2.75, 3.05) is 20.8 Å². The Balaban J connectivity index is 2.27. The SMILES string of the molecule is CCCCCCCCCC(C(=O)OCC(C)C)S(=O)C1=CC(=O)c2c(OC)ccc(OC)c2C1=O. The zero-order valence-corrected chi connectivity index (χ0v) is 22.3. The van der Waals surface area contributed by atoms with Gasteiger partial charge < -0.3 is 14.2 Å². The molecule has 8 heteroatoms. The van der Waals surface area contributed by atoms with Gasteiger partial charge in [-0.3, -0.25) is 18.6 Å². The van der Waals surface area contributed by atoms with Crippen molar-refractivity contribution in [3.63, 3.8) is 0 Å². The van der Waals surface area contributed by atoms with Gasteiger partial charge >= 0.3 is 5.97 Å². The van der Waals surface area contributed by atoms with Gasteiger partial charge in [0, 0.05) is 6.08 Å². The van der Waals surface area contributed by atoms with Crippen LogP contribution in [0.25, 0.3) is 0 Å². The number of fused-ring (bicyclic) bond motifs is 1. The van der Waals surface area contributed by atoms with Crippen molar-refractivity contribution in [1.82, 2.24) is 0 Å². The Labute approximate surface area is 211 Å². The number of unbranched alkanes of at least 4 members (excludes halogenated alkanes) is 6. The molecule has 0 aliphatic heterocycles. The Morgan fingerprint density at radius 3 is 2.06 bits per heavy atom. The van der Waals surface area contributed by atoms with Crippen molar-refractivity contribution in [2.45, 2.75) is 77.4 Å². The summed E-state index contributed by atoms with van der Waals surface area (Å²) in [7, 11) is 0.737. The maximum Gasteiger partial charge on any atom is 0.322 e. The molecule has 0 bridgehead atoms. The Kier molecular flexibility index (Phi) is 11.6. The van der Waals surface area contributed by atoms with Crippen LogP contribution in [-0.2, 0) is 20.3 Å². The summed E-state index contributed by atoms with van der Waals surface area (Å²) in [5.41, 5.74) is 0.0801. The normalized spacial score (nSPS) is 14.9. The van der Waals surface area contributed by atoms with Gasteiger partial charge in [0.05, 0.1) is 47.7 Å². The zero-order valence-electron chi connectivity index (χ0n) is 21.5. The molecule has 2 rings (SSSR count). The van der Waals surface area contributed by atoms with Crippen LogP contribution in [0.4, 0.5) is 0 Å². The average molecular weight is 507 g/mol. The maximum atomic E-state index is 13.6. The van der Waals surface area contributed by atoms with Crippen LogP contribution >= 0.6 is 0 Å². The molecule has 1 aliphatic rings. The molecule has 0 radical (unpaired) electrons. The molecule has 0 aromatic heterocycles. The summed E-state index contributed by atoms with van der Waals surface area (Å²) in [4.78, 5) is 39.1. The number of hydrogen-bond acceptors (Lipinski definition) is 7. The van der Waals surface area contributed by atoms with Crippen LogP contribution in [0.5, 0.6) is 11.5 Å². The molecule has 7 nitrogen and oxygen atoms in total. The summed E-state index contributed by atoms with van der Waals surface area (Å²) in [6.07, 6.45) is 8.67. The van der Waals surface area contributed by atoms with Gasteiger partial charge in [0.1, 0.15) is 16.7 Å². The fourth-order valence-electron chi connectivity index (χ4n) is 4.00. The lowest BCUT2D eigenvalue weighted by Gasteiger charge is -2.22. The third-order valence-corrected chi connectivity index (χ3v) is 7.58. The Morgan fingerprint density at radius 1 is 0.914 bits per heavy atom. The third-order valence-electron chi connectivity index (χ3n) is 5.89. The van der Waals surface area contributed by atoms with E-state index in [9.17, 15) is 18.6 Å². The van der Waals surface area contributed by atoms with E-state index in [4.69, 9.17) is 14.2 Å². The van der Waals surface area contributed by atoms with Gasteiger partial charge in [0.2, 0.25) is 5.78 Å². The van der Waals surface area contributed by atoms with E-state index in [1.165, 1.54) is 39.5 Å². The van der Waals surface area contributed by atoms with Crippen LogP contribution in [-0.4, -0.2) is 47.8 Å². The highest BCUT2D eigenvalue weighted by atomic mass is 32.2. The van der Waals surface area contributed by atoms with Crippen LogP contribution in [0.3, 0.4) is 0 Å². The standard InChI is InChI=1S/C27H38O7S/c1-6-7-8-9-10-11-12-13-22(27(30)34-17-18(2)3)35(31)23-16-19(28)24-20(32-4)14-15-21(33-5)25(24)26(23)29/h14-16,18,22H,6-13,17H2,1-5H3. The number of esters is 1. The van der Waals surface area contributed by atoms with Gasteiger partial charge in [0.15, 0.2) is 5.78 Å². The number of ether oxygens (including phenoxy) is 3. The molecule has 0 amide bonds. The van der Waals surface area contributed by atoms with E-state index in [0.717, 1.165) is 25.3 Å². The molecule has 0 saturated carbocycles. The van der Waals surface area contributed by atoms with Gasteiger partial charge in [-0.2, -0.15) is 0 Å². The lowest BCUT2D eigenvalue weighted by atomic mass is 9.93. The highest BCUT2D eigenvalue weighted by molar-refractivity contribution is 7.91. The van der Waals surface area contributed by atoms with Crippen molar-refractivity contribution in [2.24, 2.45) is 5.92 Å². The quantitative estimate of drug-likeness (QED) is 0.231. The number of hydrogen-bond donors (Lipinski definition) is 0. The van der Waals surface area contributed by atoms with E-state index in [1.807, 2.05) is 13.8 Å². The second-order valence-electron chi connectivity index (χ2n) is 9.14. The largest absolute Gasteiger partial charge is 0.496 e. The summed E-state index contributed by atoms with van der Waals surface area (Å²) in [5.74, 6) is -1.18. The Bertz CT molecular complexity index is 965. The number of carbonyl (C=O) groups is 3. The summed E-state index contributed by atoms with van der Waals surface area (Å²) >= 11 is 0. The highest BCUT2D eigenvalue weighted by Gasteiger charge is 2.38. The Hall–Kier alpha value is -2.48. The number of rotatable bonds is 15. The van der Waals surface area contributed by atoms with Gasteiger partial charge in [0.25, 0.3) is 0 Å². The predicted molar refractivity (Wildman–Crippen MR) is 137 cm³/mol. The van der Waals surface area contributed by atoms with Gasteiger partial charge in [-0.15, -0.1) is 0 Å². The van der Waals surface area contributed by atoms with Crippen LogP contribution in [0.1, 0.15) is 92.9 Å². The molecule has 0 fully saturated rings. The minimum Gasteiger partial charge on any atom is -0.496 e. The molecule has 1 aromatic carbocycles. The van der Waals surface area contributed by atoms with Gasteiger partial charge in [-0.25, -0.2) is 0 Å². The first-order valence-corrected chi connectivity index (χ1v) is 13.6. The number of allylic oxidation sites excluding steroid dienone is 2. The summed E-state index contributed by atoms with van der Waals surface area (Å²) in [6, 6.07) is 3.08. The van der Waals surface area contributed by atoms with Crippen molar-refractivity contribution >= 4 is 28.3 Å². The number of benzene rings is 1. The van der Waals surface area contributed by atoms with Gasteiger partial charge in [-0.1, -0.05) is 65.7 Å². The molecule has 194 valence electrons. The number of Topliss-reactive ketones (excluding diaryl/α,β-unsaturated/α-hetero) is 1. The smallest absolute Gasteiger partial charge is 0.322 e. The molecule has 1 aromatic rings. The molecule has 0 saturated heterocycles. The summed E-state index contributed by atoms with van der Waals surface area (Å²) in [5, 5.41) is -1.02. The van der Waals surface area contributed by atoms with Crippen molar-refractivity contribution in [1.29, 1.82) is 0 Å². The van der Waals surface area contributed by atoms with Crippen molar-refractivity contribution < 1.29 is 32.8 Å². The Morgan fingerprint density at radius 2 is 1.49 bits per heavy atom. The summed E-state index contributed by atoms with van der Waals surface area (Å²) in [6.45, 7) is 6.19. The first kappa shape index (κ1) is 28.8. The van der Waals surface area contributed by atoms with E-state index in [2.05, 4.69) is 6.92 Å². The minimum atomic E-state index is -2.06. The van der Waals surface area contributed by atoms with E-state index in [-0.39, 0.29) is 40.1 Å². The monoisotopic (exact) mass is 506 g/mol. The molecule has 35 heavy (non-hydrogen) atoms. The maximum absolute atomic E-state index is 13.6. The lowest BCUT2D eigenvalue weighted by molar-refractivity contribution is -0.144. The first-order chi connectivity index (χ1) is 16.8. The highest BCUT2D eigenvalue weighted by Crippen LogP contribution is 2.37. The first-order valence-electron chi connectivity index (χ1n) is 12.4. The van der Waals surface area contributed by atoms with Crippen molar-refractivity contribution in [3.8, 4) is 11.5 Å². The van der Waals surface area contributed by atoms with Crippen LogP contribution in [0, 0.1) is 5.92 Å². The van der Waals surface area contributed by atoms with Gasteiger partial charge in [-0.05, 0) is 24.5 Å². The number of carbonyl (C=O) groups excluding carboxylic acids is 3. The topological polar surface area (TPSA) is 96.0 Å². The molecule has 0 N–H and O–H groups in total. The van der Waals surface area contributed by atoms with Crippen LogP contribution in [0.15, 0.2) is 23.1 Å². The van der Waals surface area contributed by atoms with E-state index in [1.54, 1.807) is 6.07 Å². The number of ketones is 2. The fourth-order valence-corrected chi connectivity index (χ4v) is 5.44. The zero-order chi connectivity index (χ0) is 26.0. The molecule has 0 heterocycles. The molecule has 0 spiro atoms. The molecular weight excluding hydrogens is 468 g/mol. The third kappa shape index (κ3) is 7.50. The molecular formula is C27H38O7S. The summed E-state index contributed by atoms with van der Waals surface area (Å²) < 4.78 is 29.6. The minimum absolute atomic E-state index is 0.00734. The second kappa shape index (κ2) is 14.2. The van der Waals surface area contributed by atoms with E-state index in [0.29, 0.717) is 12.8 Å². The fraction of sp³-hybridized carbons (Fsp3) is 0.593. The number of methoxy groups -OCH3 is 2. The molecule has 1 aliphatic carbocycles. The van der Waals surface area contributed by atoms with Crippen LogP contribution in [0.2, 0.25) is 0 Å². The van der Waals surface area contributed by atoms with E-state index < -0.39 is 33.6 Å². The molecule has 2 atom stereocenters. The predicted octanol–water partition coefficient (Wildman–Crippen LogP) is 5.42. The van der Waals surface area contributed by atoms with Crippen molar-refractivity contribution in [3.05, 3.63) is 34.2 Å². The van der Waals surface area contributed by atoms with Crippen LogP contribution < -0.4 is 9.47 Å². The second-order valence-corrected chi connectivity index (χ2v) is 10.7.